The lowest BCUT2D eigenvalue weighted by molar-refractivity contribution is -0.328. The Bertz CT molecular complexity index is 382. The van der Waals surface area contributed by atoms with E-state index in [4.69, 9.17) is 20.3 Å². The normalized spacial score (nSPS) is 51.7. The third-order valence-corrected chi connectivity index (χ3v) is 4.54. The van der Waals surface area contributed by atoms with E-state index in [-0.39, 0.29) is 13.0 Å². The monoisotopic (exact) mass is 339 g/mol. The van der Waals surface area contributed by atoms with Crippen LogP contribution in [0.1, 0.15) is 6.42 Å². The van der Waals surface area contributed by atoms with Gasteiger partial charge in [0, 0.05) is 18.6 Å². The predicted octanol–water partition coefficient (Wildman–Crippen LogP) is -4.77. The second-order valence-electron chi connectivity index (χ2n) is 6.12. The Hall–Kier alpha value is -0.400. The molecule has 1 saturated carbocycles. The highest BCUT2D eigenvalue weighted by molar-refractivity contribution is 4.97. The van der Waals surface area contributed by atoms with Crippen LogP contribution >= 0.6 is 0 Å². The molecule has 2 rings (SSSR count). The largest absolute Gasteiger partial charge is 0.396 e. The smallest absolute Gasteiger partial charge is 0.187 e. The van der Waals surface area contributed by atoms with Crippen LogP contribution in [-0.2, 0) is 9.47 Å². The van der Waals surface area contributed by atoms with Crippen LogP contribution in [0.25, 0.3) is 0 Å². The van der Waals surface area contributed by atoms with Gasteiger partial charge in [0.2, 0.25) is 0 Å². The number of hydrogen-bond donors (Lipinski definition) is 8. The van der Waals surface area contributed by atoms with Crippen LogP contribution in [0, 0.1) is 5.92 Å². The average molecular weight is 339 g/mol. The molecular formula is C13H25NO9. The van der Waals surface area contributed by atoms with E-state index in [1.165, 1.54) is 0 Å². The zero-order valence-corrected chi connectivity index (χ0v) is 12.4. The molecule has 9 N–H and O–H groups in total. The van der Waals surface area contributed by atoms with E-state index in [0.717, 1.165) is 0 Å². The summed E-state index contributed by atoms with van der Waals surface area (Å²) >= 11 is 0. The number of hydrogen-bond acceptors (Lipinski definition) is 10. The first-order valence-corrected chi connectivity index (χ1v) is 7.50. The maximum atomic E-state index is 10.1. The molecule has 0 aromatic heterocycles. The van der Waals surface area contributed by atoms with Gasteiger partial charge in [-0.15, -0.1) is 0 Å². The molecule has 1 saturated heterocycles. The summed E-state index contributed by atoms with van der Waals surface area (Å²) in [7, 11) is 0. The lowest BCUT2D eigenvalue weighted by Gasteiger charge is -2.45. The quantitative estimate of drug-likeness (QED) is 0.247. The van der Waals surface area contributed by atoms with Gasteiger partial charge in [0.05, 0.1) is 18.8 Å². The van der Waals surface area contributed by atoms with E-state index < -0.39 is 67.6 Å². The third-order valence-electron chi connectivity index (χ3n) is 4.54. The first kappa shape index (κ1) is 18.9. The highest BCUT2D eigenvalue weighted by Gasteiger charge is 2.49. The standard InChI is InChI=1S/C13H25NO9/c14-5-1-4(2-15)12(10(20)7(5)17)23-13-11(21)9(19)8(18)6(3-16)22-13/h4-13,15-21H,1-3,14H2. The molecule has 1 heterocycles. The molecule has 136 valence electrons. The van der Waals surface area contributed by atoms with Crippen LogP contribution in [0.5, 0.6) is 0 Å². The van der Waals surface area contributed by atoms with Crippen molar-refractivity contribution in [3.63, 3.8) is 0 Å². The summed E-state index contributed by atoms with van der Waals surface area (Å²) in [4.78, 5) is 0. The lowest BCUT2D eigenvalue weighted by atomic mass is 9.80. The van der Waals surface area contributed by atoms with Crippen molar-refractivity contribution in [3.8, 4) is 0 Å². The van der Waals surface area contributed by atoms with Gasteiger partial charge in [-0.2, -0.15) is 0 Å². The van der Waals surface area contributed by atoms with Gasteiger partial charge in [-0.3, -0.25) is 0 Å². The van der Waals surface area contributed by atoms with Gasteiger partial charge >= 0.3 is 0 Å². The number of ether oxygens (including phenoxy) is 2. The van der Waals surface area contributed by atoms with Crippen molar-refractivity contribution in [3.05, 3.63) is 0 Å². The minimum atomic E-state index is -1.63. The highest BCUT2D eigenvalue weighted by atomic mass is 16.7. The Morgan fingerprint density at radius 2 is 1.52 bits per heavy atom. The van der Waals surface area contributed by atoms with E-state index in [2.05, 4.69) is 0 Å². The molecule has 1 aliphatic heterocycles. The second kappa shape index (κ2) is 7.66. The molecule has 0 aromatic rings. The summed E-state index contributed by atoms with van der Waals surface area (Å²) in [6, 6.07) is -0.739. The van der Waals surface area contributed by atoms with Crippen molar-refractivity contribution < 1.29 is 45.2 Å². The van der Waals surface area contributed by atoms with Gasteiger partial charge in [0.25, 0.3) is 0 Å². The fourth-order valence-corrected chi connectivity index (χ4v) is 3.05. The molecule has 10 unspecified atom stereocenters. The van der Waals surface area contributed by atoms with E-state index in [0.29, 0.717) is 0 Å². The number of nitrogens with two attached hydrogens (primary N) is 1. The summed E-state index contributed by atoms with van der Waals surface area (Å²) in [5.41, 5.74) is 5.68. The Labute approximate surface area is 132 Å². The molecule has 23 heavy (non-hydrogen) atoms. The summed E-state index contributed by atoms with van der Waals surface area (Å²) in [5, 5.41) is 67.9. The molecule has 0 bridgehead atoms. The molecule has 1 aliphatic carbocycles. The van der Waals surface area contributed by atoms with Crippen LogP contribution in [0.4, 0.5) is 0 Å². The fourth-order valence-electron chi connectivity index (χ4n) is 3.05. The minimum Gasteiger partial charge on any atom is -0.396 e. The average Bonchev–Trinajstić information content (AvgIpc) is 2.55. The molecule has 2 fully saturated rings. The Balaban J connectivity index is 2.11. The van der Waals surface area contributed by atoms with Gasteiger partial charge in [-0.05, 0) is 6.42 Å². The van der Waals surface area contributed by atoms with Crippen LogP contribution in [-0.4, -0.2) is 104 Å². The molecule has 10 heteroatoms. The lowest BCUT2D eigenvalue weighted by Crippen LogP contribution is -2.63. The van der Waals surface area contributed by atoms with E-state index >= 15 is 0 Å². The van der Waals surface area contributed by atoms with Gasteiger partial charge in [0.1, 0.15) is 30.5 Å². The molecule has 2 aliphatic rings. The maximum absolute atomic E-state index is 10.1. The zero-order valence-electron chi connectivity index (χ0n) is 12.4. The third kappa shape index (κ3) is 3.66. The van der Waals surface area contributed by atoms with Crippen molar-refractivity contribution >= 4 is 0 Å². The van der Waals surface area contributed by atoms with E-state index in [1.54, 1.807) is 0 Å². The highest BCUT2D eigenvalue weighted by Crippen LogP contribution is 2.31. The molecule has 0 aromatic carbocycles. The maximum Gasteiger partial charge on any atom is 0.187 e. The summed E-state index contributed by atoms with van der Waals surface area (Å²) < 4.78 is 10.6. The predicted molar refractivity (Wildman–Crippen MR) is 73.8 cm³/mol. The van der Waals surface area contributed by atoms with Gasteiger partial charge in [0.15, 0.2) is 6.29 Å². The van der Waals surface area contributed by atoms with Crippen molar-refractivity contribution in [1.82, 2.24) is 0 Å². The minimum absolute atomic E-state index is 0.177. The Kier molecular flexibility index (Phi) is 6.30. The molecule has 0 amide bonds. The number of rotatable bonds is 4. The number of aliphatic hydroxyl groups excluding tert-OH is 7. The summed E-state index contributed by atoms with van der Waals surface area (Å²) in [6.45, 7) is -0.992. The van der Waals surface area contributed by atoms with Crippen LogP contribution in [0.3, 0.4) is 0 Å². The fraction of sp³-hybridized carbons (Fsp3) is 1.00. The van der Waals surface area contributed by atoms with Crippen LogP contribution in [0.2, 0.25) is 0 Å². The molecule has 10 nitrogen and oxygen atoms in total. The first-order valence-electron chi connectivity index (χ1n) is 7.50. The van der Waals surface area contributed by atoms with E-state index in [9.17, 15) is 30.6 Å². The second-order valence-corrected chi connectivity index (χ2v) is 6.12. The van der Waals surface area contributed by atoms with Gasteiger partial charge in [-0.25, -0.2) is 0 Å². The topological polar surface area (TPSA) is 186 Å². The van der Waals surface area contributed by atoms with Gasteiger partial charge in [-0.1, -0.05) is 0 Å². The molecule has 10 atom stereocenters. The summed E-state index contributed by atoms with van der Waals surface area (Å²) in [5.74, 6) is -0.615. The van der Waals surface area contributed by atoms with Gasteiger partial charge < -0.3 is 51.0 Å². The Morgan fingerprint density at radius 3 is 2.09 bits per heavy atom. The van der Waals surface area contributed by atoms with E-state index in [1.807, 2.05) is 0 Å². The first-order chi connectivity index (χ1) is 10.8. The van der Waals surface area contributed by atoms with Crippen molar-refractivity contribution in [1.29, 1.82) is 0 Å². The summed E-state index contributed by atoms with van der Waals surface area (Å²) in [6.07, 6.45) is -11.0. The molecule has 0 spiro atoms. The van der Waals surface area contributed by atoms with Crippen LogP contribution in [0.15, 0.2) is 0 Å². The van der Waals surface area contributed by atoms with Crippen molar-refractivity contribution in [2.24, 2.45) is 11.7 Å². The van der Waals surface area contributed by atoms with Crippen LogP contribution < -0.4 is 5.73 Å². The Morgan fingerprint density at radius 1 is 0.870 bits per heavy atom. The molecular weight excluding hydrogens is 314 g/mol. The SMILES string of the molecule is NC1CC(CO)C(OC2OC(CO)C(O)C(O)C2O)C(O)C1O. The molecule has 0 radical (unpaired) electrons. The van der Waals surface area contributed by atoms with Crippen molar-refractivity contribution in [2.75, 3.05) is 13.2 Å². The zero-order chi connectivity index (χ0) is 17.3. The number of aliphatic hydroxyl groups is 7. The van der Waals surface area contributed by atoms with Crippen molar-refractivity contribution in [2.45, 2.75) is 61.5 Å².